The minimum absolute atomic E-state index is 0.222. The molecule has 5 rings (SSSR count). The van der Waals surface area contributed by atoms with Crippen LogP contribution in [-0.2, 0) is 7.05 Å². The van der Waals surface area contributed by atoms with Gasteiger partial charge in [0.25, 0.3) is 0 Å². The van der Waals surface area contributed by atoms with Crippen LogP contribution < -0.4 is 10.1 Å². The first kappa shape index (κ1) is 18.6. The molecule has 0 saturated heterocycles. The summed E-state index contributed by atoms with van der Waals surface area (Å²) in [7, 11) is 3.81. The van der Waals surface area contributed by atoms with E-state index >= 15 is 0 Å². The van der Waals surface area contributed by atoms with Crippen molar-refractivity contribution in [3.63, 3.8) is 0 Å². The van der Waals surface area contributed by atoms with Crippen LogP contribution in [0.4, 0.5) is 5.82 Å². The van der Waals surface area contributed by atoms with E-state index in [2.05, 4.69) is 31.1 Å². The molecule has 0 aliphatic heterocycles. The van der Waals surface area contributed by atoms with Gasteiger partial charge in [-0.1, -0.05) is 0 Å². The van der Waals surface area contributed by atoms with Crippen LogP contribution in [0.3, 0.4) is 0 Å². The van der Waals surface area contributed by atoms with Gasteiger partial charge in [0.1, 0.15) is 17.3 Å². The summed E-state index contributed by atoms with van der Waals surface area (Å²) >= 11 is 0. The largest absolute Gasteiger partial charge is 0.489 e. The molecule has 1 aliphatic rings. The summed E-state index contributed by atoms with van der Waals surface area (Å²) in [6.07, 6.45) is 13.6. The highest BCUT2D eigenvalue weighted by atomic mass is 16.5. The van der Waals surface area contributed by atoms with Gasteiger partial charge in [-0.15, -0.1) is 0 Å². The Morgan fingerprint density at radius 2 is 2.00 bits per heavy atom. The van der Waals surface area contributed by atoms with Crippen LogP contribution in [0.15, 0.2) is 49.2 Å². The molecule has 154 valence electrons. The van der Waals surface area contributed by atoms with E-state index in [1.165, 1.54) is 0 Å². The smallest absolute Gasteiger partial charge is 0.137 e. The van der Waals surface area contributed by atoms with E-state index in [4.69, 9.17) is 9.84 Å². The number of nitrogens with one attached hydrogen (secondary N) is 1. The second-order valence-corrected chi connectivity index (χ2v) is 7.77. The number of ether oxygens (including phenoxy) is 1. The first-order valence-electron chi connectivity index (χ1n) is 10.3. The molecule has 30 heavy (non-hydrogen) atoms. The number of anilines is 1. The van der Waals surface area contributed by atoms with Crippen molar-refractivity contribution in [2.24, 2.45) is 7.05 Å². The molecule has 8 heteroatoms. The fraction of sp³-hybridized carbons (Fsp3) is 0.364. The molecule has 1 N–H and O–H groups in total. The van der Waals surface area contributed by atoms with E-state index in [9.17, 15) is 0 Å². The number of aromatic nitrogens is 6. The highest BCUT2D eigenvalue weighted by Gasteiger charge is 2.27. The summed E-state index contributed by atoms with van der Waals surface area (Å²) in [5.74, 6) is 1.68. The number of nitrogens with zero attached hydrogens (tertiary/aromatic N) is 6. The SMILES string of the molecule is CNc1cc2c(cn1)c(-c1cnn(C)c1)nn2[C@H]1CC[C@H](Oc2cccnc2)CC1. The van der Waals surface area contributed by atoms with Crippen molar-refractivity contribution in [2.45, 2.75) is 37.8 Å². The van der Waals surface area contributed by atoms with Crippen molar-refractivity contribution < 1.29 is 4.74 Å². The summed E-state index contributed by atoms with van der Waals surface area (Å²) in [6, 6.07) is 6.29. The molecule has 1 aliphatic carbocycles. The topological polar surface area (TPSA) is 82.7 Å². The van der Waals surface area contributed by atoms with Gasteiger partial charge in [-0.2, -0.15) is 10.2 Å². The van der Waals surface area contributed by atoms with Gasteiger partial charge < -0.3 is 10.1 Å². The summed E-state index contributed by atoms with van der Waals surface area (Å²) in [4.78, 5) is 8.66. The van der Waals surface area contributed by atoms with Crippen molar-refractivity contribution in [3.05, 3.63) is 49.2 Å². The Balaban J connectivity index is 1.42. The maximum absolute atomic E-state index is 6.12. The Morgan fingerprint density at radius 1 is 1.13 bits per heavy atom. The quantitative estimate of drug-likeness (QED) is 0.545. The predicted molar refractivity (Wildman–Crippen MR) is 115 cm³/mol. The third-order valence-electron chi connectivity index (χ3n) is 5.75. The van der Waals surface area contributed by atoms with E-state index < -0.39 is 0 Å². The number of rotatable bonds is 5. The molecule has 8 nitrogen and oxygen atoms in total. The Hall–Kier alpha value is -3.42. The molecule has 0 radical (unpaired) electrons. The van der Waals surface area contributed by atoms with Gasteiger partial charge in [-0.3, -0.25) is 14.3 Å². The van der Waals surface area contributed by atoms with E-state index in [0.29, 0.717) is 6.04 Å². The van der Waals surface area contributed by atoms with Crippen LogP contribution in [0.2, 0.25) is 0 Å². The molecule has 4 aromatic rings. The van der Waals surface area contributed by atoms with Crippen LogP contribution >= 0.6 is 0 Å². The number of hydrogen-bond acceptors (Lipinski definition) is 6. The van der Waals surface area contributed by atoms with Crippen LogP contribution in [0.5, 0.6) is 5.75 Å². The molecule has 0 aromatic carbocycles. The molecule has 4 aromatic heterocycles. The molecule has 0 atom stereocenters. The van der Waals surface area contributed by atoms with Crippen molar-refractivity contribution >= 4 is 16.7 Å². The Kier molecular flexibility index (Phi) is 4.82. The zero-order valence-corrected chi connectivity index (χ0v) is 17.2. The van der Waals surface area contributed by atoms with Crippen molar-refractivity contribution in [1.29, 1.82) is 0 Å². The Bertz CT molecular complexity index is 1140. The molecular weight excluding hydrogens is 378 g/mol. The number of aryl methyl sites for hydroxylation is 1. The summed E-state index contributed by atoms with van der Waals surface area (Å²) < 4.78 is 10.1. The third-order valence-corrected chi connectivity index (χ3v) is 5.75. The van der Waals surface area contributed by atoms with E-state index in [1.54, 1.807) is 17.1 Å². The standard InChI is InChI=1S/C22H25N7O/c1-23-21-10-20-19(13-25-21)22(15-11-26-28(2)14-15)27-29(20)16-5-7-17(8-6-16)30-18-4-3-9-24-12-18/h3-4,9-14,16-17H,5-8H2,1-2H3,(H,23,25)/t16-,17-. The first-order chi connectivity index (χ1) is 14.7. The fourth-order valence-electron chi connectivity index (χ4n) is 4.22. The van der Waals surface area contributed by atoms with E-state index in [0.717, 1.165) is 59.4 Å². The summed E-state index contributed by atoms with van der Waals surface area (Å²) in [5.41, 5.74) is 3.04. The highest BCUT2D eigenvalue weighted by Crippen LogP contribution is 2.36. The van der Waals surface area contributed by atoms with E-state index in [-0.39, 0.29) is 6.10 Å². The van der Waals surface area contributed by atoms with Gasteiger partial charge in [0.15, 0.2) is 0 Å². The van der Waals surface area contributed by atoms with Crippen LogP contribution in [-0.4, -0.2) is 42.7 Å². The van der Waals surface area contributed by atoms with Gasteiger partial charge in [-0.05, 0) is 37.8 Å². The third kappa shape index (κ3) is 3.49. The molecular formula is C22H25N7O. The minimum Gasteiger partial charge on any atom is -0.489 e. The first-order valence-corrected chi connectivity index (χ1v) is 10.3. The molecule has 0 bridgehead atoms. The molecule has 0 unspecified atom stereocenters. The molecule has 1 saturated carbocycles. The van der Waals surface area contributed by atoms with Gasteiger partial charge >= 0.3 is 0 Å². The van der Waals surface area contributed by atoms with Crippen molar-refractivity contribution in [2.75, 3.05) is 12.4 Å². The second-order valence-electron chi connectivity index (χ2n) is 7.77. The number of pyridine rings is 2. The zero-order chi connectivity index (χ0) is 20.5. The van der Waals surface area contributed by atoms with Gasteiger partial charge in [-0.25, -0.2) is 4.98 Å². The Labute approximate surface area is 174 Å². The maximum atomic E-state index is 6.12. The van der Waals surface area contributed by atoms with Crippen molar-refractivity contribution in [1.82, 2.24) is 29.5 Å². The lowest BCUT2D eigenvalue weighted by Crippen LogP contribution is -2.26. The molecule has 0 spiro atoms. The zero-order valence-electron chi connectivity index (χ0n) is 17.2. The lowest BCUT2D eigenvalue weighted by Gasteiger charge is -2.29. The molecule has 0 amide bonds. The Morgan fingerprint density at radius 3 is 2.70 bits per heavy atom. The average molecular weight is 403 g/mol. The monoisotopic (exact) mass is 403 g/mol. The van der Waals surface area contributed by atoms with Crippen LogP contribution in [0.25, 0.3) is 22.2 Å². The van der Waals surface area contributed by atoms with Gasteiger partial charge in [0.2, 0.25) is 0 Å². The second kappa shape index (κ2) is 7.78. The average Bonchev–Trinajstić information content (AvgIpc) is 3.38. The van der Waals surface area contributed by atoms with Crippen molar-refractivity contribution in [3.8, 4) is 17.0 Å². The van der Waals surface area contributed by atoms with E-state index in [1.807, 2.05) is 44.8 Å². The molecule has 1 fully saturated rings. The fourth-order valence-corrected chi connectivity index (χ4v) is 4.22. The number of hydrogen-bond donors (Lipinski definition) is 1. The molecule has 4 heterocycles. The van der Waals surface area contributed by atoms with Gasteiger partial charge in [0.05, 0.1) is 30.1 Å². The predicted octanol–water partition coefficient (Wildman–Crippen LogP) is 3.83. The summed E-state index contributed by atoms with van der Waals surface area (Å²) in [6.45, 7) is 0. The lowest BCUT2D eigenvalue weighted by atomic mass is 9.93. The van der Waals surface area contributed by atoms with Crippen LogP contribution in [0.1, 0.15) is 31.7 Å². The normalized spacial score (nSPS) is 19.1. The van der Waals surface area contributed by atoms with Gasteiger partial charge in [0, 0.05) is 49.7 Å². The highest BCUT2D eigenvalue weighted by molar-refractivity contribution is 5.93. The van der Waals surface area contributed by atoms with Crippen LogP contribution in [0, 0.1) is 0 Å². The minimum atomic E-state index is 0.222. The maximum Gasteiger partial charge on any atom is 0.137 e. The summed E-state index contributed by atoms with van der Waals surface area (Å²) in [5, 5.41) is 13.5. The number of fused-ring (bicyclic) bond motifs is 1. The lowest BCUT2D eigenvalue weighted by molar-refractivity contribution is 0.130.